The summed E-state index contributed by atoms with van der Waals surface area (Å²) in [7, 11) is 1.66. The smallest absolute Gasteiger partial charge is 0.223 e. The predicted molar refractivity (Wildman–Crippen MR) is 131 cm³/mol. The van der Waals surface area contributed by atoms with Gasteiger partial charge in [0.25, 0.3) is 0 Å². The molecule has 176 valence electrons. The summed E-state index contributed by atoms with van der Waals surface area (Å²) < 4.78 is 10.6. The van der Waals surface area contributed by atoms with Crippen molar-refractivity contribution in [3.05, 3.63) is 65.8 Å². The molecule has 0 bridgehead atoms. The second kappa shape index (κ2) is 9.33. The molecular weight excluding hydrogens is 428 g/mol. The number of hydrogen-bond donors (Lipinski definition) is 2. The number of rotatable bonds is 7. The number of amides is 1. The Morgan fingerprint density at radius 3 is 2.59 bits per heavy atom. The molecule has 4 aromatic rings. The van der Waals surface area contributed by atoms with Crippen LogP contribution in [0.1, 0.15) is 55.8 Å². The zero-order valence-electron chi connectivity index (χ0n) is 19.7. The SMILES string of the molecule is COc1ccc(-c2[nH]c3ccccc3c2CCC(=O)NC2(c3noc(C)n3)CCCCC2)cc1. The molecule has 2 aromatic carbocycles. The molecule has 2 heterocycles. The van der Waals surface area contributed by atoms with Crippen LogP contribution in [0.4, 0.5) is 0 Å². The van der Waals surface area contributed by atoms with E-state index in [4.69, 9.17) is 9.26 Å². The van der Waals surface area contributed by atoms with Crippen LogP contribution in [0.2, 0.25) is 0 Å². The van der Waals surface area contributed by atoms with Gasteiger partial charge in [-0.3, -0.25) is 4.79 Å². The molecular formula is C27H30N4O3. The number of aryl methyl sites for hydroxylation is 2. The lowest BCUT2D eigenvalue weighted by Gasteiger charge is -2.35. The lowest BCUT2D eigenvalue weighted by molar-refractivity contribution is -0.123. The molecule has 0 saturated heterocycles. The number of nitrogens with zero attached hydrogens (tertiary/aromatic N) is 2. The molecule has 1 fully saturated rings. The number of aromatic amines is 1. The fraction of sp³-hybridized carbons (Fsp3) is 0.370. The molecule has 1 saturated carbocycles. The van der Waals surface area contributed by atoms with Gasteiger partial charge in [-0.1, -0.05) is 42.6 Å². The Morgan fingerprint density at radius 1 is 1.12 bits per heavy atom. The van der Waals surface area contributed by atoms with E-state index in [0.717, 1.165) is 65.6 Å². The van der Waals surface area contributed by atoms with E-state index >= 15 is 0 Å². The highest BCUT2D eigenvalue weighted by atomic mass is 16.5. The summed E-state index contributed by atoms with van der Waals surface area (Å²) >= 11 is 0. The number of benzene rings is 2. The number of ether oxygens (including phenoxy) is 1. The van der Waals surface area contributed by atoms with Crippen LogP contribution in [-0.2, 0) is 16.8 Å². The Bertz CT molecular complexity index is 1280. The fourth-order valence-electron chi connectivity index (χ4n) is 5.09. The first-order valence-corrected chi connectivity index (χ1v) is 11.9. The van der Waals surface area contributed by atoms with Crippen molar-refractivity contribution in [3.63, 3.8) is 0 Å². The first-order chi connectivity index (χ1) is 16.6. The number of carbonyl (C=O) groups excluding carboxylic acids is 1. The Morgan fingerprint density at radius 2 is 1.88 bits per heavy atom. The van der Waals surface area contributed by atoms with Gasteiger partial charge >= 0.3 is 0 Å². The number of hydrogen-bond acceptors (Lipinski definition) is 5. The van der Waals surface area contributed by atoms with E-state index in [0.29, 0.717) is 24.6 Å². The number of carbonyl (C=O) groups is 1. The van der Waals surface area contributed by atoms with Gasteiger partial charge in [-0.15, -0.1) is 0 Å². The van der Waals surface area contributed by atoms with E-state index in [1.165, 1.54) is 0 Å². The third kappa shape index (κ3) is 4.30. The second-order valence-electron chi connectivity index (χ2n) is 9.08. The summed E-state index contributed by atoms with van der Waals surface area (Å²) in [4.78, 5) is 21.3. The van der Waals surface area contributed by atoms with Crippen molar-refractivity contribution in [2.24, 2.45) is 0 Å². The molecule has 0 radical (unpaired) electrons. The molecule has 7 nitrogen and oxygen atoms in total. The minimum Gasteiger partial charge on any atom is -0.497 e. The summed E-state index contributed by atoms with van der Waals surface area (Å²) in [6.07, 6.45) is 5.91. The highest BCUT2D eigenvalue weighted by Crippen LogP contribution is 2.36. The molecule has 0 aliphatic heterocycles. The van der Waals surface area contributed by atoms with E-state index in [9.17, 15) is 4.79 Å². The van der Waals surface area contributed by atoms with Crippen LogP contribution in [-0.4, -0.2) is 28.1 Å². The van der Waals surface area contributed by atoms with Gasteiger partial charge in [-0.25, -0.2) is 0 Å². The molecule has 0 unspecified atom stereocenters. The maximum atomic E-state index is 13.2. The minimum atomic E-state index is -0.536. The van der Waals surface area contributed by atoms with Gasteiger partial charge in [-0.05, 0) is 60.7 Å². The molecule has 2 N–H and O–H groups in total. The van der Waals surface area contributed by atoms with E-state index < -0.39 is 5.54 Å². The van der Waals surface area contributed by atoms with Crippen LogP contribution in [0.5, 0.6) is 5.75 Å². The van der Waals surface area contributed by atoms with Gasteiger partial charge in [0.1, 0.15) is 11.3 Å². The standard InChI is InChI=1S/C27H30N4O3/c1-18-28-26(31-34-18)27(16-6-3-7-17-27)30-24(32)15-14-22-21-8-4-5-9-23(21)29-25(22)19-10-12-20(33-2)13-11-19/h4-5,8-13,29H,3,6-7,14-17H2,1-2H3,(H,30,32). The van der Waals surface area contributed by atoms with Crippen LogP contribution in [0.25, 0.3) is 22.2 Å². The van der Waals surface area contributed by atoms with Gasteiger partial charge in [0.2, 0.25) is 11.8 Å². The Kier molecular flexibility index (Phi) is 6.09. The van der Waals surface area contributed by atoms with Crippen molar-refractivity contribution in [2.75, 3.05) is 7.11 Å². The Hall–Kier alpha value is -3.61. The minimum absolute atomic E-state index is 0.00955. The highest BCUT2D eigenvalue weighted by molar-refractivity contribution is 5.91. The highest BCUT2D eigenvalue weighted by Gasteiger charge is 2.39. The largest absolute Gasteiger partial charge is 0.497 e. The predicted octanol–water partition coefficient (Wildman–Crippen LogP) is 5.44. The maximum absolute atomic E-state index is 13.2. The number of aromatic nitrogens is 3. The van der Waals surface area contributed by atoms with E-state index in [1.54, 1.807) is 14.0 Å². The summed E-state index contributed by atoms with van der Waals surface area (Å²) in [6, 6.07) is 16.2. The van der Waals surface area contributed by atoms with Gasteiger partial charge < -0.3 is 19.6 Å². The van der Waals surface area contributed by atoms with Crippen LogP contribution in [0.15, 0.2) is 53.1 Å². The summed E-state index contributed by atoms with van der Waals surface area (Å²) in [5, 5.41) is 8.60. The van der Waals surface area contributed by atoms with Crippen LogP contribution < -0.4 is 10.1 Å². The topological polar surface area (TPSA) is 93.0 Å². The van der Waals surface area contributed by atoms with Gasteiger partial charge in [-0.2, -0.15) is 4.98 Å². The molecule has 1 aliphatic carbocycles. The van der Waals surface area contributed by atoms with E-state index in [1.807, 2.05) is 36.4 Å². The van der Waals surface area contributed by atoms with Gasteiger partial charge in [0.05, 0.1) is 7.11 Å². The summed E-state index contributed by atoms with van der Waals surface area (Å²) in [6.45, 7) is 1.78. The number of fused-ring (bicyclic) bond motifs is 1. The van der Waals surface area contributed by atoms with E-state index in [2.05, 4.69) is 32.6 Å². The Labute approximate surface area is 198 Å². The normalized spacial score (nSPS) is 15.4. The molecule has 0 atom stereocenters. The molecule has 1 amide bonds. The molecule has 7 heteroatoms. The van der Waals surface area contributed by atoms with Crippen molar-refractivity contribution in [2.45, 2.75) is 57.4 Å². The lowest BCUT2D eigenvalue weighted by Crippen LogP contribution is -2.48. The zero-order chi connectivity index (χ0) is 23.5. The second-order valence-corrected chi connectivity index (χ2v) is 9.08. The average molecular weight is 459 g/mol. The number of methoxy groups -OCH3 is 1. The van der Waals surface area contributed by atoms with Crippen LogP contribution >= 0.6 is 0 Å². The molecule has 5 rings (SSSR count). The van der Waals surface area contributed by atoms with Crippen molar-refractivity contribution in [1.82, 2.24) is 20.4 Å². The zero-order valence-corrected chi connectivity index (χ0v) is 19.7. The number of para-hydroxylation sites is 1. The first kappa shape index (κ1) is 22.2. The monoisotopic (exact) mass is 458 g/mol. The van der Waals surface area contributed by atoms with Crippen LogP contribution in [0, 0.1) is 6.92 Å². The maximum Gasteiger partial charge on any atom is 0.223 e. The number of H-pyrrole nitrogens is 1. The average Bonchev–Trinajstić information content (AvgIpc) is 3.47. The molecule has 2 aromatic heterocycles. The Balaban J connectivity index is 1.39. The lowest BCUT2D eigenvalue weighted by atomic mass is 9.80. The van der Waals surface area contributed by atoms with Crippen molar-refractivity contribution < 1.29 is 14.1 Å². The fourth-order valence-corrected chi connectivity index (χ4v) is 5.09. The van der Waals surface area contributed by atoms with Crippen LogP contribution in [0.3, 0.4) is 0 Å². The van der Waals surface area contributed by atoms with Crippen molar-refractivity contribution in [1.29, 1.82) is 0 Å². The summed E-state index contributed by atoms with van der Waals surface area (Å²) in [5.74, 6) is 1.95. The molecule has 0 spiro atoms. The van der Waals surface area contributed by atoms with Crippen molar-refractivity contribution >= 4 is 16.8 Å². The first-order valence-electron chi connectivity index (χ1n) is 11.9. The van der Waals surface area contributed by atoms with E-state index in [-0.39, 0.29) is 5.91 Å². The quantitative estimate of drug-likeness (QED) is 0.384. The van der Waals surface area contributed by atoms with Gasteiger partial charge in [0.15, 0.2) is 5.82 Å². The van der Waals surface area contributed by atoms with Gasteiger partial charge in [0, 0.05) is 29.9 Å². The van der Waals surface area contributed by atoms with Crippen molar-refractivity contribution in [3.8, 4) is 17.0 Å². The molecule has 34 heavy (non-hydrogen) atoms. The third-order valence-corrected chi connectivity index (χ3v) is 6.84. The summed E-state index contributed by atoms with van der Waals surface area (Å²) in [5.41, 5.74) is 3.78. The molecule has 1 aliphatic rings. The number of nitrogens with one attached hydrogen (secondary N) is 2. The third-order valence-electron chi connectivity index (χ3n) is 6.84.